The summed E-state index contributed by atoms with van der Waals surface area (Å²) >= 11 is 0. The van der Waals surface area contributed by atoms with E-state index in [1.807, 2.05) is 55.9 Å². The Balaban J connectivity index is 1.41. The van der Waals surface area contributed by atoms with Gasteiger partial charge in [-0.2, -0.15) is 10.2 Å². The molecule has 0 aromatic carbocycles. The van der Waals surface area contributed by atoms with Crippen LogP contribution in [0, 0.1) is 0 Å². The third kappa shape index (κ3) is 4.65. The first kappa shape index (κ1) is 21.4. The van der Waals surface area contributed by atoms with E-state index in [1.165, 1.54) is 0 Å². The molecule has 0 aliphatic carbocycles. The molecule has 0 amide bonds. The van der Waals surface area contributed by atoms with Gasteiger partial charge in [0.2, 0.25) is 5.88 Å². The van der Waals surface area contributed by atoms with Crippen molar-refractivity contribution in [2.24, 2.45) is 7.05 Å². The third-order valence-corrected chi connectivity index (χ3v) is 5.34. The van der Waals surface area contributed by atoms with E-state index in [2.05, 4.69) is 50.3 Å². The minimum Gasteiger partial charge on any atom is -0.471 e. The van der Waals surface area contributed by atoms with Crippen LogP contribution in [0.2, 0.25) is 0 Å². The highest BCUT2D eigenvalue weighted by Crippen LogP contribution is 2.27. The second-order valence-corrected chi connectivity index (χ2v) is 8.22. The molecular weight excluding hydrogens is 430 g/mol. The van der Waals surface area contributed by atoms with Crippen molar-refractivity contribution in [1.29, 1.82) is 0 Å². The molecule has 0 spiro atoms. The summed E-state index contributed by atoms with van der Waals surface area (Å²) in [6.07, 6.45) is 11.1. The molecule has 4 aromatic rings. The average Bonchev–Trinajstić information content (AvgIpc) is 3.23. The van der Waals surface area contributed by atoms with Crippen molar-refractivity contribution < 1.29 is 4.74 Å². The Kier molecular flexibility index (Phi) is 5.77. The fourth-order valence-corrected chi connectivity index (χ4v) is 3.56. The lowest BCUT2D eigenvalue weighted by Gasteiger charge is -2.14. The van der Waals surface area contributed by atoms with Crippen LogP contribution in [0.25, 0.3) is 22.2 Å². The zero-order chi connectivity index (χ0) is 23.5. The number of hydrogen-bond acceptors (Lipinski definition) is 9. The highest BCUT2D eigenvalue weighted by atomic mass is 16.5. The van der Waals surface area contributed by atoms with Crippen LogP contribution in [0.3, 0.4) is 0 Å². The van der Waals surface area contributed by atoms with Crippen molar-refractivity contribution in [1.82, 2.24) is 40.8 Å². The van der Waals surface area contributed by atoms with E-state index < -0.39 is 0 Å². The summed E-state index contributed by atoms with van der Waals surface area (Å²) in [4.78, 5) is 9.36. The number of nitrogens with one attached hydrogen (secondary N) is 3. The first-order valence-electron chi connectivity index (χ1n) is 11.0. The van der Waals surface area contributed by atoms with Crippen LogP contribution in [0.15, 0.2) is 67.1 Å². The molecule has 0 fully saturated rings. The number of aryl methyl sites for hydroxylation is 1. The van der Waals surface area contributed by atoms with Crippen molar-refractivity contribution in [3.05, 3.63) is 78.3 Å². The maximum Gasteiger partial charge on any atom is 0.206 e. The molecule has 0 radical (unpaired) electrons. The topological polar surface area (TPSA) is 115 Å². The molecule has 0 bridgehead atoms. The molecular formula is C24H25N9O. The quantitative estimate of drug-likeness (QED) is 0.384. The van der Waals surface area contributed by atoms with Gasteiger partial charge in [-0.25, -0.2) is 4.98 Å². The number of hydrazine groups is 1. The summed E-state index contributed by atoms with van der Waals surface area (Å²) in [6.45, 7) is 4.55. The zero-order valence-electron chi connectivity index (χ0n) is 19.1. The van der Waals surface area contributed by atoms with Crippen molar-refractivity contribution >= 4 is 22.7 Å². The van der Waals surface area contributed by atoms with Gasteiger partial charge in [-0.15, -0.1) is 5.10 Å². The van der Waals surface area contributed by atoms with E-state index >= 15 is 0 Å². The fourth-order valence-electron chi connectivity index (χ4n) is 3.56. The van der Waals surface area contributed by atoms with E-state index in [0.717, 1.165) is 33.4 Å². The van der Waals surface area contributed by atoms with Gasteiger partial charge < -0.3 is 15.5 Å². The SMILES string of the molecule is CC(C)c1cnnc(Nc2ccc3ncc(-c4cn(C)nc4COC4=CC=CNN4)cc3n2)c1. The van der Waals surface area contributed by atoms with Crippen LogP contribution in [0.4, 0.5) is 11.6 Å². The first-order valence-corrected chi connectivity index (χ1v) is 11.0. The number of hydrogen-bond donors (Lipinski definition) is 3. The van der Waals surface area contributed by atoms with Gasteiger partial charge in [0.1, 0.15) is 18.1 Å². The van der Waals surface area contributed by atoms with Gasteiger partial charge in [0.15, 0.2) is 5.82 Å². The molecule has 1 aliphatic rings. The molecule has 10 nitrogen and oxygen atoms in total. The van der Waals surface area contributed by atoms with Crippen molar-refractivity contribution in [3.63, 3.8) is 0 Å². The summed E-state index contributed by atoms with van der Waals surface area (Å²) in [6, 6.07) is 7.81. The fraction of sp³-hybridized carbons (Fsp3) is 0.208. The lowest BCUT2D eigenvalue weighted by Crippen LogP contribution is -2.29. The molecule has 4 aromatic heterocycles. The normalized spacial score (nSPS) is 12.9. The molecule has 0 saturated carbocycles. The number of pyridine rings is 2. The number of fused-ring (bicyclic) bond motifs is 1. The van der Waals surface area contributed by atoms with Crippen LogP contribution < -0.4 is 16.2 Å². The number of rotatable bonds is 7. The van der Waals surface area contributed by atoms with E-state index in [4.69, 9.17) is 9.72 Å². The zero-order valence-corrected chi connectivity index (χ0v) is 19.1. The standard InChI is InChI=1S/C24H25N9O/c1-15(2)16-10-23(30-27-12-16)29-22-7-6-19-20(28-22)9-17(11-25-19)18-13-33(3)32-21(18)14-34-24-5-4-8-26-31-24/h4-13,15,26,31H,14H2,1-3H3,(H,28,29,30). The summed E-state index contributed by atoms with van der Waals surface area (Å²) in [5.41, 5.74) is 11.2. The smallest absolute Gasteiger partial charge is 0.206 e. The largest absolute Gasteiger partial charge is 0.471 e. The highest BCUT2D eigenvalue weighted by molar-refractivity contribution is 5.82. The monoisotopic (exact) mass is 455 g/mol. The average molecular weight is 456 g/mol. The molecule has 0 atom stereocenters. The number of aromatic nitrogens is 6. The van der Waals surface area contributed by atoms with Crippen LogP contribution in [-0.4, -0.2) is 29.9 Å². The van der Waals surface area contributed by atoms with Gasteiger partial charge in [-0.3, -0.25) is 15.1 Å². The Labute approximate surface area is 196 Å². The predicted octanol–water partition coefficient (Wildman–Crippen LogP) is 3.67. The van der Waals surface area contributed by atoms with Crippen LogP contribution in [0.1, 0.15) is 31.0 Å². The molecule has 5 heterocycles. The molecule has 172 valence electrons. The minimum absolute atomic E-state index is 0.308. The Morgan fingerprint density at radius 3 is 2.85 bits per heavy atom. The van der Waals surface area contributed by atoms with Gasteiger partial charge >= 0.3 is 0 Å². The van der Waals surface area contributed by atoms with E-state index in [1.54, 1.807) is 17.1 Å². The number of allylic oxidation sites excluding steroid dienone is 2. The minimum atomic E-state index is 0.308. The lowest BCUT2D eigenvalue weighted by atomic mass is 10.1. The molecule has 34 heavy (non-hydrogen) atoms. The summed E-state index contributed by atoms with van der Waals surface area (Å²) < 4.78 is 7.61. The van der Waals surface area contributed by atoms with E-state index in [0.29, 0.717) is 30.0 Å². The van der Waals surface area contributed by atoms with Gasteiger partial charge in [-0.05, 0) is 41.8 Å². The molecule has 1 aliphatic heterocycles. The molecule has 0 saturated heterocycles. The van der Waals surface area contributed by atoms with Crippen LogP contribution in [-0.2, 0) is 18.4 Å². The number of anilines is 2. The van der Waals surface area contributed by atoms with Crippen molar-refractivity contribution in [3.8, 4) is 11.1 Å². The van der Waals surface area contributed by atoms with Gasteiger partial charge in [0.05, 0.1) is 17.2 Å². The molecule has 3 N–H and O–H groups in total. The van der Waals surface area contributed by atoms with Crippen molar-refractivity contribution in [2.75, 3.05) is 5.32 Å². The van der Waals surface area contributed by atoms with Gasteiger partial charge in [-0.1, -0.05) is 13.8 Å². The Bertz CT molecular complexity index is 1390. The third-order valence-electron chi connectivity index (χ3n) is 5.34. The van der Waals surface area contributed by atoms with E-state index in [-0.39, 0.29) is 0 Å². The number of nitrogens with zero attached hydrogens (tertiary/aromatic N) is 6. The summed E-state index contributed by atoms with van der Waals surface area (Å²) in [5.74, 6) is 2.32. The maximum atomic E-state index is 5.85. The number of ether oxygens (including phenoxy) is 1. The Morgan fingerprint density at radius 2 is 2.03 bits per heavy atom. The molecule has 5 rings (SSSR count). The first-order chi connectivity index (χ1) is 16.5. The predicted molar refractivity (Wildman–Crippen MR) is 129 cm³/mol. The second-order valence-electron chi connectivity index (χ2n) is 8.22. The maximum absolute atomic E-state index is 5.85. The van der Waals surface area contributed by atoms with Crippen LogP contribution >= 0.6 is 0 Å². The summed E-state index contributed by atoms with van der Waals surface area (Å²) in [7, 11) is 1.89. The van der Waals surface area contributed by atoms with Gasteiger partial charge in [0, 0.05) is 42.8 Å². The van der Waals surface area contributed by atoms with E-state index in [9.17, 15) is 0 Å². The highest BCUT2D eigenvalue weighted by Gasteiger charge is 2.14. The molecule has 0 unspecified atom stereocenters. The Morgan fingerprint density at radius 1 is 1.12 bits per heavy atom. The Hall–Kier alpha value is -4.47. The second kappa shape index (κ2) is 9.18. The summed E-state index contributed by atoms with van der Waals surface area (Å²) in [5, 5.41) is 16.1. The van der Waals surface area contributed by atoms with Gasteiger partial charge in [0.25, 0.3) is 0 Å². The van der Waals surface area contributed by atoms with Crippen LogP contribution in [0.5, 0.6) is 0 Å². The van der Waals surface area contributed by atoms with Crippen molar-refractivity contribution in [2.45, 2.75) is 26.4 Å². The molecule has 10 heteroatoms. The lowest BCUT2D eigenvalue weighted by molar-refractivity contribution is 0.168.